The number of fused-ring (bicyclic) bond motifs is 1. The van der Waals surface area contributed by atoms with E-state index in [0.717, 1.165) is 38.2 Å². The van der Waals surface area contributed by atoms with E-state index in [9.17, 15) is 13.2 Å². The Morgan fingerprint density at radius 1 is 0.879 bits per heavy atom. The third-order valence-corrected chi connectivity index (χ3v) is 9.22. The number of anilines is 1. The van der Waals surface area contributed by atoms with Gasteiger partial charge in [0.15, 0.2) is 0 Å². The van der Waals surface area contributed by atoms with Crippen molar-refractivity contribution < 1.29 is 13.2 Å². The molecule has 7 nitrogen and oxygen atoms in total. The first-order valence-electron chi connectivity index (χ1n) is 12.1. The average Bonchev–Trinajstić information content (AvgIpc) is 2.88. The van der Waals surface area contributed by atoms with Gasteiger partial charge < -0.3 is 9.80 Å². The fraction of sp³-hybridized carbons (Fsp3) is 0.520. The van der Waals surface area contributed by atoms with Gasteiger partial charge in [-0.05, 0) is 73.9 Å². The second-order valence-electron chi connectivity index (χ2n) is 9.32. The number of piperidine rings is 1. The smallest absolute Gasteiger partial charge is 0.243 e. The molecule has 33 heavy (non-hydrogen) atoms. The molecule has 3 heterocycles. The minimum Gasteiger partial charge on any atom is -0.353 e. The first-order valence-corrected chi connectivity index (χ1v) is 13.5. The van der Waals surface area contributed by atoms with Crippen molar-refractivity contribution in [2.24, 2.45) is 5.92 Å². The maximum atomic E-state index is 13.2. The maximum absolute atomic E-state index is 13.2. The molecular formula is C25H32N4O3S. The van der Waals surface area contributed by atoms with Crippen LogP contribution in [-0.2, 0) is 27.7 Å². The number of carbonyl (C=O) groups excluding carboxylic acids is 1. The van der Waals surface area contributed by atoms with Crippen molar-refractivity contribution in [1.29, 1.82) is 0 Å². The highest BCUT2D eigenvalue weighted by molar-refractivity contribution is 7.89. The first-order chi connectivity index (χ1) is 16.0. The molecule has 1 aliphatic carbocycles. The normalized spacial score (nSPS) is 20.5. The summed E-state index contributed by atoms with van der Waals surface area (Å²) in [6.45, 7) is 3.72. The number of hydrogen-bond acceptors (Lipinski definition) is 5. The average molecular weight is 469 g/mol. The molecule has 0 atom stereocenters. The van der Waals surface area contributed by atoms with Crippen LogP contribution in [-0.4, -0.2) is 67.8 Å². The molecule has 176 valence electrons. The van der Waals surface area contributed by atoms with Crippen molar-refractivity contribution in [1.82, 2.24) is 14.2 Å². The Bertz CT molecular complexity index is 1090. The Morgan fingerprint density at radius 2 is 1.61 bits per heavy atom. The largest absolute Gasteiger partial charge is 0.353 e. The number of nitrogens with zero attached hydrogens (tertiary/aromatic N) is 4. The van der Waals surface area contributed by atoms with Gasteiger partial charge in [0.2, 0.25) is 15.9 Å². The number of carbonyl (C=O) groups is 1. The van der Waals surface area contributed by atoms with Crippen molar-refractivity contribution in [3.05, 3.63) is 53.7 Å². The zero-order valence-electron chi connectivity index (χ0n) is 19.0. The van der Waals surface area contributed by atoms with Crippen molar-refractivity contribution in [3.63, 3.8) is 0 Å². The molecule has 0 saturated carbocycles. The number of piperazine rings is 1. The van der Waals surface area contributed by atoms with Gasteiger partial charge >= 0.3 is 0 Å². The molecule has 2 saturated heterocycles. The lowest BCUT2D eigenvalue weighted by Gasteiger charge is -2.38. The molecule has 2 fully saturated rings. The number of pyridine rings is 1. The van der Waals surface area contributed by atoms with Gasteiger partial charge in [0, 0.05) is 51.4 Å². The lowest BCUT2D eigenvalue weighted by atomic mass is 9.92. The number of aryl methyl sites for hydroxylation is 2. The second kappa shape index (κ2) is 9.43. The fourth-order valence-corrected chi connectivity index (χ4v) is 6.84. The quantitative estimate of drug-likeness (QED) is 0.690. The van der Waals surface area contributed by atoms with Gasteiger partial charge in [-0.1, -0.05) is 12.1 Å². The van der Waals surface area contributed by atoms with E-state index in [1.165, 1.54) is 17.5 Å². The highest BCUT2D eigenvalue weighted by Gasteiger charge is 2.35. The lowest BCUT2D eigenvalue weighted by molar-refractivity contribution is -0.137. The number of benzene rings is 1. The van der Waals surface area contributed by atoms with E-state index in [-0.39, 0.29) is 11.8 Å². The maximum Gasteiger partial charge on any atom is 0.243 e. The van der Waals surface area contributed by atoms with Crippen LogP contribution in [0.3, 0.4) is 0 Å². The molecule has 0 unspecified atom stereocenters. The van der Waals surface area contributed by atoms with Crippen molar-refractivity contribution >= 4 is 21.7 Å². The molecule has 1 amide bonds. The van der Waals surface area contributed by atoms with E-state index in [1.807, 2.05) is 35.2 Å². The number of amides is 1. The van der Waals surface area contributed by atoms with Crippen LogP contribution in [0.1, 0.15) is 36.8 Å². The summed E-state index contributed by atoms with van der Waals surface area (Å²) < 4.78 is 28.1. The van der Waals surface area contributed by atoms with Crippen LogP contribution in [0.15, 0.2) is 47.5 Å². The summed E-state index contributed by atoms with van der Waals surface area (Å²) in [6.07, 6.45) is 7.27. The molecule has 1 aromatic heterocycles. The van der Waals surface area contributed by atoms with Gasteiger partial charge in [-0.3, -0.25) is 4.79 Å². The van der Waals surface area contributed by atoms with Gasteiger partial charge in [0.05, 0.1) is 4.90 Å². The lowest BCUT2D eigenvalue weighted by Crippen LogP contribution is -2.52. The molecule has 1 aromatic carbocycles. The minimum atomic E-state index is -3.51. The molecule has 0 N–H and O–H groups in total. The van der Waals surface area contributed by atoms with Crippen LogP contribution in [0.2, 0.25) is 0 Å². The molecule has 0 bridgehead atoms. The monoisotopic (exact) mass is 468 g/mol. The van der Waals surface area contributed by atoms with Gasteiger partial charge in [-0.2, -0.15) is 4.31 Å². The number of hydrogen-bond donors (Lipinski definition) is 0. The molecule has 2 aliphatic heterocycles. The Hall–Kier alpha value is -2.45. The second-order valence-corrected chi connectivity index (χ2v) is 11.3. The number of aromatic nitrogens is 1. The zero-order chi connectivity index (χ0) is 22.8. The first kappa shape index (κ1) is 22.3. The molecule has 3 aliphatic rings. The third kappa shape index (κ3) is 4.64. The summed E-state index contributed by atoms with van der Waals surface area (Å²) in [5.41, 5.74) is 2.46. The van der Waals surface area contributed by atoms with Gasteiger partial charge in [-0.25, -0.2) is 13.4 Å². The molecule has 0 radical (unpaired) electrons. The predicted octanol–water partition coefficient (Wildman–Crippen LogP) is 2.71. The summed E-state index contributed by atoms with van der Waals surface area (Å²) in [7, 11) is -3.51. The van der Waals surface area contributed by atoms with E-state index >= 15 is 0 Å². The van der Waals surface area contributed by atoms with Crippen LogP contribution in [0.5, 0.6) is 0 Å². The zero-order valence-corrected chi connectivity index (χ0v) is 19.8. The van der Waals surface area contributed by atoms with Crippen LogP contribution in [0, 0.1) is 5.92 Å². The van der Waals surface area contributed by atoms with Crippen molar-refractivity contribution in [3.8, 4) is 0 Å². The summed E-state index contributed by atoms with van der Waals surface area (Å²) >= 11 is 0. The van der Waals surface area contributed by atoms with E-state index in [4.69, 9.17) is 0 Å². The van der Waals surface area contributed by atoms with Crippen LogP contribution in [0.4, 0.5) is 5.82 Å². The van der Waals surface area contributed by atoms with Gasteiger partial charge in [0.1, 0.15) is 5.82 Å². The SMILES string of the molecule is O=C(C1CCN(S(=O)(=O)c2ccc3c(c2)CCCC3)CC1)N1CCN(c2ccccn2)CC1. The summed E-state index contributed by atoms with van der Waals surface area (Å²) in [6, 6.07) is 11.5. The third-order valence-electron chi connectivity index (χ3n) is 7.33. The van der Waals surface area contributed by atoms with E-state index in [1.54, 1.807) is 16.6 Å². The molecular weight excluding hydrogens is 436 g/mol. The fourth-order valence-electron chi connectivity index (χ4n) is 5.32. The van der Waals surface area contributed by atoms with Crippen LogP contribution < -0.4 is 4.90 Å². The minimum absolute atomic E-state index is 0.0959. The summed E-state index contributed by atoms with van der Waals surface area (Å²) in [4.78, 5) is 22.1. The number of sulfonamides is 1. The summed E-state index contributed by atoms with van der Waals surface area (Å²) in [5, 5.41) is 0. The molecule has 0 spiro atoms. The van der Waals surface area contributed by atoms with Crippen molar-refractivity contribution in [2.45, 2.75) is 43.4 Å². The molecule has 2 aromatic rings. The van der Waals surface area contributed by atoms with Crippen molar-refractivity contribution in [2.75, 3.05) is 44.2 Å². The Labute approximate surface area is 196 Å². The van der Waals surface area contributed by atoms with Crippen LogP contribution >= 0.6 is 0 Å². The predicted molar refractivity (Wildman–Crippen MR) is 128 cm³/mol. The highest BCUT2D eigenvalue weighted by atomic mass is 32.2. The molecule has 8 heteroatoms. The van der Waals surface area contributed by atoms with E-state index in [2.05, 4.69) is 9.88 Å². The summed E-state index contributed by atoms with van der Waals surface area (Å²) in [5.74, 6) is 1.02. The highest BCUT2D eigenvalue weighted by Crippen LogP contribution is 2.29. The van der Waals surface area contributed by atoms with Gasteiger partial charge in [0.25, 0.3) is 0 Å². The standard InChI is InChI=1S/C25H32N4O3S/c30-25(28-17-15-27(16-18-28)24-7-3-4-12-26-24)21-10-13-29(14-11-21)33(31,32)23-9-8-20-5-1-2-6-22(20)19-23/h3-4,7-9,12,19,21H,1-2,5-6,10-11,13-18H2. The topological polar surface area (TPSA) is 73.8 Å². The Balaban J connectivity index is 1.17. The number of rotatable bonds is 4. The van der Waals surface area contributed by atoms with Crippen LogP contribution in [0.25, 0.3) is 0 Å². The Kier molecular flexibility index (Phi) is 6.38. The molecule has 5 rings (SSSR count). The van der Waals surface area contributed by atoms with E-state index < -0.39 is 10.0 Å². The van der Waals surface area contributed by atoms with E-state index in [0.29, 0.717) is 43.9 Å². The van der Waals surface area contributed by atoms with Gasteiger partial charge in [-0.15, -0.1) is 0 Å². The Morgan fingerprint density at radius 3 is 2.30 bits per heavy atom.